The van der Waals surface area contributed by atoms with Gasteiger partial charge >= 0.3 is 0 Å². The Labute approximate surface area is 99.5 Å². The molecule has 5 N–H and O–H groups in total. The fraction of sp³-hybridized carbons (Fsp3) is 0.400. The van der Waals surface area contributed by atoms with E-state index in [1.807, 2.05) is 0 Å². The molecule has 1 atom stereocenters. The molecule has 1 aliphatic carbocycles. The zero-order valence-electron chi connectivity index (χ0n) is 9.03. The Bertz CT molecular complexity index is 365. The minimum Gasteiger partial charge on any atom is -0.376 e. The molecule has 0 aliphatic heterocycles. The molecule has 0 radical (unpaired) electrons. The topological polar surface area (TPSA) is 90.4 Å². The lowest BCUT2D eigenvalue weighted by Crippen LogP contribution is -2.47. The summed E-state index contributed by atoms with van der Waals surface area (Å²) in [5, 5.41) is 2.93. The van der Waals surface area contributed by atoms with E-state index in [1.54, 1.807) is 25.2 Å². The molecule has 5 nitrogen and oxygen atoms in total. The molecule has 88 valence electrons. The SMILES string of the molecule is CCOC1(C(N)=O)C=CC=C(NC(N)=S)C1. The Morgan fingerprint density at radius 2 is 2.38 bits per heavy atom. The van der Waals surface area contributed by atoms with Crippen molar-refractivity contribution < 1.29 is 9.53 Å². The fourth-order valence-corrected chi connectivity index (χ4v) is 1.69. The van der Waals surface area contributed by atoms with Gasteiger partial charge in [0.2, 0.25) is 0 Å². The minimum absolute atomic E-state index is 0.149. The molecule has 1 amide bonds. The van der Waals surface area contributed by atoms with Crippen LogP contribution in [0.15, 0.2) is 23.9 Å². The highest BCUT2D eigenvalue weighted by Gasteiger charge is 2.37. The number of primary amides is 1. The summed E-state index contributed by atoms with van der Waals surface area (Å²) < 4.78 is 5.42. The first kappa shape index (κ1) is 12.7. The lowest BCUT2D eigenvalue weighted by atomic mass is 9.92. The zero-order chi connectivity index (χ0) is 12.2. The van der Waals surface area contributed by atoms with E-state index >= 15 is 0 Å². The van der Waals surface area contributed by atoms with Crippen LogP contribution in [0.4, 0.5) is 0 Å². The first-order valence-electron chi connectivity index (χ1n) is 4.89. The average Bonchev–Trinajstić information content (AvgIpc) is 2.17. The van der Waals surface area contributed by atoms with Crippen LogP contribution in [0.1, 0.15) is 13.3 Å². The molecule has 16 heavy (non-hydrogen) atoms. The normalized spacial score (nSPS) is 23.7. The predicted octanol–water partition coefficient (Wildman–Crippen LogP) is -0.0760. The van der Waals surface area contributed by atoms with Crippen molar-refractivity contribution in [3.05, 3.63) is 23.9 Å². The molecule has 1 rings (SSSR count). The molecule has 0 heterocycles. The summed E-state index contributed by atoms with van der Waals surface area (Å²) in [6.45, 7) is 2.20. The Morgan fingerprint density at radius 3 is 2.88 bits per heavy atom. The van der Waals surface area contributed by atoms with Gasteiger partial charge in [-0.15, -0.1) is 0 Å². The minimum atomic E-state index is -1.10. The van der Waals surface area contributed by atoms with Crippen molar-refractivity contribution in [1.29, 1.82) is 0 Å². The van der Waals surface area contributed by atoms with E-state index in [2.05, 4.69) is 5.32 Å². The predicted molar refractivity (Wildman–Crippen MR) is 65.3 cm³/mol. The summed E-state index contributed by atoms with van der Waals surface area (Å²) >= 11 is 4.73. The standard InChI is InChI=1S/C10H15N3O2S/c1-2-15-10(8(11)14)5-3-4-7(6-10)13-9(12)16/h3-5H,2,6H2,1H3,(H2,11,14)(H3,12,13,16). The molecule has 0 aromatic heterocycles. The monoisotopic (exact) mass is 241 g/mol. The lowest BCUT2D eigenvalue weighted by Gasteiger charge is -2.30. The number of thiocarbonyl (C=S) groups is 1. The van der Waals surface area contributed by atoms with Crippen molar-refractivity contribution in [1.82, 2.24) is 5.32 Å². The lowest BCUT2D eigenvalue weighted by molar-refractivity contribution is -0.137. The van der Waals surface area contributed by atoms with Crippen molar-refractivity contribution in [2.45, 2.75) is 18.9 Å². The Hall–Kier alpha value is -1.40. The van der Waals surface area contributed by atoms with E-state index in [1.165, 1.54) is 0 Å². The number of amides is 1. The number of hydrogen-bond acceptors (Lipinski definition) is 3. The molecule has 1 unspecified atom stereocenters. The molecule has 6 heteroatoms. The van der Waals surface area contributed by atoms with Crippen molar-refractivity contribution >= 4 is 23.2 Å². The molecule has 0 saturated carbocycles. The van der Waals surface area contributed by atoms with Crippen molar-refractivity contribution in [3.8, 4) is 0 Å². The highest BCUT2D eigenvalue weighted by molar-refractivity contribution is 7.80. The van der Waals surface area contributed by atoms with Crippen molar-refractivity contribution in [2.75, 3.05) is 6.61 Å². The first-order valence-corrected chi connectivity index (χ1v) is 5.29. The summed E-state index contributed by atoms with van der Waals surface area (Å²) in [7, 11) is 0. The Balaban J connectivity index is 2.85. The van der Waals surface area contributed by atoms with Crippen LogP contribution >= 0.6 is 12.2 Å². The van der Waals surface area contributed by atoms with Crippen LogP contribution in [-0.4, -0.2) is 23.2 Å². The van der Waals surface area contributed by atoms with Gasteiger partial charge in [0.15, 0.2) is 10.7 Å². The van der Waals surface area contributed by atoms with E-state index in [9.17, 15) is 4.79 Å². The van der Waals surface area contributed by atoms with Crippen molar-refractivity contribution in [3.63, 3.8) is 0 Å². The molecule has 0 fully saturated rings. The van der Waals surface area contributed by atoms with Crippen LogP contribution < -0.4 is 16.8 Å². The van der Waals surface area contributed by atoms with Gasteiger partial charge in [0.25, 0.3) is 5.91 Å². The Kier molecular flexibility index (Phi) is 4.03. The highest BCUT2D eigenvalue weighted by Crippen LogP contribution is 2.25. The quantitative estimate of drug-likeness (QED) is 0.599. The number of carbonyl (C=O) groups excluding carboxylic acids is 1. The second kappa shape index (κ2) is 5.09. The molecule has 1 aliphatic rings. The van der Waals surface area contributed by atoms with Gasteiger partial charge in [-0.25, -0.2) is 0 Å². The van der Waals surface area contributed by atoms with Gasteiger partial charge in [0.05, 0.1) is 0 Å². The van der Waals surface area contributed by atoms with Gasteiger partial charge in [-0.2, -0.15) is 0 Å². The summed E-state index contributed by atoms with van der Waals surface area (Å²) in [4.78, 5) is 11.4. The van der Waals surface area contributed by atoms with E-state index in [0.29, 0.717) is 18.7 Å². The fourth-order valence-electron chi connectivity index (χ4n) is 1.56. The summed E-state index contributed by atoms with van der Waals surface area (Å²) in [6.07, 6.45) is 5.43. The maximum absolute atomic E-state index is 11.4. The van der Waals surface area contributed by atoms with E-state index in [-0.39, 0.29) is 5.11 Å². The van der Waals surface area contributed by atoms with Gasteiger partial charge in [0.1, 0.15) is 0 Å². The van der Waals surface area contributed by atoms with Crippen LogP contribution in [0.2, 0.25) is 0 Å². The first-order chi connectivity index (χ1) is 7.50. The molecule has 0 aromatic rings. The van der Waals surface area contributed by atoms with Crippen LogP contribution in [0.3, 0.4) is 0 Å². The molecular weight excluding hydrogens is 226 g/mol. The molecule has 0 spiro atoms. The number of allylic oxidation sites excluding steroid dienone is 2. The van der Waals surface area contributed by atoms with Crippen LogP contribution in [0.25, 0.3) is 0 Å². The summed E-state index contributed by atoms with van der Waals surface area (Å²) in [6, 6.07) is 0. The summed E-state index contributed by atoms with van der Waals surface area (Å²) in [5.74, 6) is -0.527. The van der Waals surface area contributed by atoms with E-state index in [4.69, 9.17) is 28.4 Å². The third-order valence-corrected chi connectivity index (χ3v) is 2.32. The smallest absolute Gasteiger partial charge is 0.254 e. The van der Waals surface area contributed by atoms with Crippen LogP contribution in [-0.2, 0) is 9.53 Å². The number of hydrogen-bond donors (Lipinski definition) is 3. The van der Waals surface area contributed by atoms with Gasteiger partial charge in [-0.1, -0.05) is 6.08 Å². The third-order valence-electron chi connectivity index (χ3n) is 2.22. The van der Waals surface area contributed by atoms with E-state index in [0.717, 1.165) is 0 Å². The van der Waals surface area contributed by atoms with Crippen molar-refractivity contribution in [2.24, 2.45) is 11.5 Å². The van der Waals surface area contributed by atoms with Gasteiger partial charge in [-0.3, -0.25) is 4.79 Å². The number of rotatable bonds is 4. The largest absolute Gasteiger partial charge is 0.376 e. The number of nitrogens with one attached hydrogen (secondary N) is 1. The maximum atomic E-state index is 11.4. The molecule has 0 aromatic carbocycles. The second-order valence-corrected chi connectivity index (χ2v) is 3.84. The molecular formula is C10H15N3O2S. The number of nitrogens with two attached hydrogens (primary N) is 2. The van der Waals surface area contributed by atoms with Gasteiger partial charge < -0.3 is 21.5 Å². The summed E-state index contributed by atoms with van der Waals surface area (Å²) in [5.41, 5.74) is 10.3. The third kappa shape index (κ3) is 2.80. The molecule has 0 saturated heterocycles. The van der Waals surface area contributed by atoms with E-state index < -0.39 is 11.5 Å². The second-order valence-electron chi connectivity index (χ2n) is 3.40. The average molecular weight is 241 g/mol. The molecule has 0 bridgehead atoms. The van der Waals surface area contributed by atoms with Gasteiger partial charge in [-0.05, 0) is 31.3 Å². The van der Waals surface area contributed by atoms with Crippen LogP contribution in [0.5, 0.6) is 0 Å². The van der Waals surface area contributed by atoms with Gasteiger partial charge in [0, 0.05) is 18.7 Å². The zero-order valence-corrected chi connectivity index (χ0v) is 9.84. The maximum Gasteiger partial charge on any atom is 0.254 e. The number of carbonyl (C=O) groups is 1. The Morgan fingerprint density at radius 1 is 1.69 bits per heavy atom. The van der Waals surface area contributed by atoms with Crippen LogP contribution in [0, 0.1) is 0 Å². The number of ether oxygens (including phenoxy) is 1. The highest BCUT2D eigenvalue weighted by atomic mass is 32.1.